The molecule has 1 aromatic carbocycles. The van der Waals surface area contributed by atoms with Crippen LogP contribution in [0, 0.1) is 5.82 Å². The van der Waals surface area contributed by atoms with Gasteiger partial charge in [-0.2, -0.15) is 0 Å². The van der Waals surface area contributed by atoms with Gasteiger partial charge in [-0.15, -0.1) is 0 Å². The molecule has 6 heteroatoms. The molecule has 3 rings (SSSR count). The fraction of sp³-hybridized carbons (Fsp3) is 0.333. The Hall–Kier alpha value is -2.63. The van der Waals surface area contributed by atoms with Crippen molar-refractivity contribution in [1.29, 1.82) is 0 Å². The zero-order valence-corrected chi connectivity index (χ0v) is 13.3. The second-order valence-corrected chi connectivity index (χ2v) is 5.70. The average Bonchev–Trinajstić information content (AvgIpc) is 2.55. The molecule has 1 aliphatic heterocycles. The molecule has 0 unspecified atom stereocenters. The zero-order valence-electron chi connectivity index (χ0n) is 13.3. The normalized spacial score (nSPS) is 20.6. The van der Waals surface area contributed by atoms with E-state index in [0.29, 0.717) is 36.2 Å². The predicted octanol–water partition coefficient (Wildman–Crippen LogP) is 2.68. The van der Waals surface area contributed by atoms with Gasteiger partial charge in [0, 0.05) is 18.4 Å². The maximum absolute atomic E-state index is 13.3. The van der Waals surface area contributed by atoms with Crippen molar-refractivity contribution in [3.63, 3.8) is 0 Å². The van der Waals surface area contributed by atoms with Crippen molar-refractivity contribution < 1.29 is 23.5 Å². The number of halogens is 1. The smallest absolute Gasteiger partial charge is 0.340 e. The number of carbonyl (C=O) groups is 2. The van der Waals surface area contributed by atoms with E-state index in [0.717, 1.165) is 0 Å². The summed E-state index contributed by atoms with van der Waals surface area (Å²) in [5.41, 5.74) is 7.08. The first-order valence-electron chi connectivity index (χ1n) is 7.89. The largest absolute Gasteiger partial charge is 0.462 e. The molecule has 0 spiro atoms. The maximum Gasteiger partial charge on any atom is 0.340 e. The van der Waals surface area contributed by atoms with Gasteiger partial charge in [-0.25, -0.2) is 9.18 Å². The minimum absolute atomic E-state index is 0.0591. The third-order valence-corrected chi connectivity index (χ3v) is 4.18. The number of ether oxygens (including phenoxy) is 2. The summed E-state index contributed by atoms with van der Waals surface area (Å²) in [7, 11) is 0. The molecule has 0 amide bonds. The van der Waals surface area contributed by atoms with Crippen LogP contribution in [-0.2, 0) is 19.1 Å². The highest BCUT2D eigenvalue weighted by Crippen LogP contribution is 2.43. The van der Waals surface area contributed by atoms with Gasteiger partial charge in [0.05, 0.1) is 12.5 Å². The molecular weight excluding hydrogens is 313 g/mol. The Balaban J connectivity index is 2.15. The molecule has 0 aromatic heterocycles. The van der Waals surface area contributed by atoms with Crippen LogP contribution in [0.25, 0.3) is 0 Å². The topological polar surface area (TPSA) is 78.6 Å². The molecule has 0 saturated heterocycles. The molecule has 0 saturated carbocycles. The quantitative estimate of drug-likeness (QED) is 0.862. The molecule has 0 fully saturated rings. The van der Waals surface area contributed by atoms with Gasteiger partial charge < -0.3 is 15.2 Å². The molecule has 5 nitrogen and oxygen atoms in total. The van der Waals surface area contributed by atoms with Crippen molar-refractivity contribution in [1.82, 2.24) is 0 Å². The van der Waals surface area contributed by atoms with Crippen LogP contribution < -0.4 is 5.73 Å². The zero-order chi connectivity index (χ0) is 17.3. The Morgan fingerprint density at radius 3 is 2.71 bits per heavy atom. The van der Waals surface area contributed by atoms with E-state index >= 15 is 0 Å². The van der Waals surface area contributed by atoms with Crippen LogP contribution in [0.1, 0.15) is 37.7 Å². The standard InChI is InChI=1S/C18H18FNO4/c1-2-23-18(22)16-14(10-6-8-11(19)9-7-10)15-12(21)4-3-5-13(15)24-17(16)20/h6-9,14H,2-5,20H2,1H3/t14-/m1/s1. The minimum atomic E-state index is -0.693. The predicted molar refractivity (Wildman–Crippen MR) is 84.0 cm³/mol. The van der Waals surface area contributed by atoms with Crippen LogP contribution in [0.5, 0.6) is 0 Å². The molecular formula is C18H18FNO4. The monoisotopic (exact) mass is 331 g/mol. The van der Waals surface area contributed by atoms with E-state index in [9.17, 15) is 14.0 Å². The number of rotatable bonds is 3. The Kier molecular flexibility index (Phi) is 4.38. The molecule has 1 heterocycles. The van der Waals surface area contributed by atoms with Crippen LogP contribution in [0.4, 0.5) is 4.39 Å². The van der Waals surface area contributed by atoms with E-state index in [1.54, 1.807) is 19.1 Å². The Morgan fingerprint density at radius 1 is 1.33 bits per heavy atom. The summed E-state index contributed by atoms with van der Waals surface area (Å²) < 4.78 is 23.9. The minimum Gasteiger partial charge on any atom is -0.462 e. The summed E-state index contributed by atoms with van der Waals surface area (Å²) in [6, 6.07) is 5.67. The highest BCUT2D eigenvalue weighted by atomic mass is 19.1. The highest BCUT2D eigenvalue weighted by Gasteiger charge is 2.41. The molecule has 0 bridgehead atoms. The molecule has 126 valence electrons. The van der Waals surface area contributed by atoms with Crippen molar-refractivity contribution in [3.05, 3.63) is 58.4 Å². The van der Waals surface area contributed by atoms with Crippen molar-refractivity contribution in [2.24, 2.45) is 5.73 Å². The highest BCUT2D eigenvalue weighted by molar-refractivity contribution is 6.03. The Morgan fingerprint density at radius 2 is 2.04 bits per heavy atom. The molecule has 2 N–H and O–H groups in total. The summed E-state index contributed by atoms with van der Waals surface area (Å²) in [5.74, 6) is -1.37. The summed E-state index contributed by atoms with van der Waals surface area (Å²) in [5, 5.41) is 0. The third-order valence-electron chi connectivity index (χ3n) is 4.18. The van der Waals surface area contributed by atoms with Crippen LogP contribution in [0.2, 0.25) is 0 Å². The number of hydrogen-bond donors (Lipinski definition) is 1. The number of ketones is 1. The van der Waals surface area contributed by atoms with Gasteiger partial charge in [-0.05, 0) is 31.0 Å². The third kappa shape index (κ3) is 2.79. The number of carbonyl (C=O) groups excluding carboxylic acids is 2. The van der Waals surface area contributed by atoms with Crippen molar-refractivity contribution in [3.8, 4) is 0 Å². The molecule has 2 aliphatic rings. The first kappa shape index (κ1) is 16.2. The Labute approximate surface area is 138 Å². The first-order valence-corrected chi connectivity index (χ1v) is 7.89. The van der Waals surface area contributed by atoms with Gasteiger partial charge in [-0.3, -0.25) is 4.79 Å². The lowest BCUT2D eigenvalue weighted by atomic mass is 9.77. The van der Waals surface area contributed by atoms with E-state index in [4.69, 9.17) is 15.2 Å². The first-order chi connectivity index (χ1) is 11.5. The fourth-order valence-electron chi connectivity index (χ4n) is 3.15. The summed E-state index contributed by atoms with van der Waals surface area (Å²) in [4.78, 5) is 24.9. The lowest BCUT2D eigenvalue weighted by molar-refractivity contribution is -0.139. The summed E-state index contributed by atoms with van der Waals surface area (Å²) >= 11 is 0. The SMILES string of the molecule is CCOC(=O)C1=C(N)OC2=C(C(=O)CCC2)[C@H]1c1ccc(F)cc1. The molecule has 1 aromatic rings. The molecule has 0 radical (unpaired) electrons. The Bertz CT molecular complexity index is 749. The molecule has 24 heavy (non-hydrogen) atoms. The van der Waals surface area contributed by atoms with E-state index in [-0.39, 0.29) is 23.8 Å². The molecule has 1 aliphatic carbocycles. The number of allylic oxidation sites excluding steroid dienone is 2. The van der Waals surface area contributed by atoms with Gasteiger partial charge in [0.15, 0.2) is 5.78 Å². The number of benzene rings is 1. The van der Waals surface area contributed by atoms with Crippen LogP contribution in [-0.4, -0.2) is 18.4 Å². The number of Topliss-reactive ketones (excluding diaryl/α,β-unsaturated/α-hetero) is 1. The van der Waals surface area contributed by atoms with Crippen LogP contribution >= 0.6 is 0 Å². The van der Waals surface area contributed by atoms with Gasteiger partial charge in [0.25, 0.3) is 0 Å². The van der Waals surface area contributed by atoms with E-state index in [1.807, 2.05) is 0 Å². The summed E-state index contributed by atoms with van der Waals surface area (Å²) in [6.07, 6.45) is 1.64. The van der Waals surface area contributed by atoms with Crippen molar-refractivity contribution in [2.45, 2.75) is 32.1 Å². The second-order valence-electron chi connectivity index (χ2n) is 5.70. The van der Waals surface area contributed by atoms with E-state index in [2.05, 4.69) is 0 Å². The van der Waals surface area contributed by atoms with Crippen LogP contribution in [0.15, 0.2) is 47.1 Å². The average molecular weight is 331 g/mol. The summed E-state index contributed by atoms with van der Waals surface area (Å²) in [6.45, 7) is 1.85. The van der Waals surface area contributed by atoms with Crippen molar-refractivity contribution >= 4 is 11.8 Å². The van der Waals surface area contributed by atoms with Gasteiger partial charge in [0.2, 0.25) is 5.88 Å². The van der Waals surface area contributed by atoms with E-state index in [1.165, 1.54) is 12.1 Å². The lowest BCUT2D eigenvalue weighted by Crippen LogP contribution is -2.31. The number of nitrogens with two attached hydrogens (primary N) is 1. The van der Waals surface area contributed by atoms with E-state index < -0.39 is 17.7 Å². The van der Waals surface area contributed by atoms with Crippen molar-refractivity contribution in [2.75, 3.05) is 6.61 Å². The lowest BCUT2D eigenvalue weighted by Gasteiger charge is -2.32. The number of esters is 1. The van der Waals surface area contributed by atoms with Crippen LogP contribution in [0.3, 0.4) is 0 Å². The number of hydrogen-bond acceptors (Lipinski definition) is 5. The van der Waals surface area contributed by atoms with Gasteiger partial charge in [0.1, 0.15) is 17.1 Å². The second kappa shape index (κ2) is 6.47. The fourth-order valence-corrected chi connectivity index (χ4v) is 3.15. The van der Waals surface area contributed by atoms with Gasteiger partial charge >= 0.3 is 5.97 Å². The molecule has 1 atom stereocenters. The van der Waals surface area contributed by atoms with Gasteiger partial charge in [-0.1, -0.05) is 12.1 Å². The maximum atomic E-state index is 13.3.